The smallest absolute Gasteiger partial charge is 0.408 e. The van der Waals surface area contributed by atoms with Gasteiger partial charge in [0.1, 0.15) is 23.4 Å². The fourth-order valence-corrected chi connectivity index (χ4v) is 4.42. The summed E-state index contributed by atoms with van der Waals surface area (Å²) in [5.74, 6) is 0.122. The quantitative estimate of drug-likeness (QED) is 0.356. The Kier molecular flexibility index (Phi) is 11.4. The van der Waals surface area contributed by atoms with E-state index in [0.717, 1.165) is 16.7 Å². The van der Waals surface area contributed by atoms with Gasteiger partial charge in [-0.05, 0) is 88.8 Å². The Morgan fingerprint density at radius 3 is 2.15 bits per heavy atom. The van der Waals surface area contributed by atoms with Crippen molar-refractivity contribution in [3.8, 4) is 5.75 Å². The second-order valence-corrected chi connectivity index (χ2v) is 11.3. The second kappa shape index (κ2) is 14.0. The summed E-state index contributed by atoms with van der Waals surface area (Å²) in [6.45, 7) is 15.5. The summed E-state index contributed by atoms with van der Waals surface area (Å²) in [4.78, 5) is 42.4. The van der Waals surface area contributed by atoms with E-state index in [1.807, 2.05) is 52.8 Å². The standard InChI is InChI=1S/C31H45N3O5/c1-10-17-34(29(36)26(18-20(2)3)33-30(37)39-31(6,7)8)27(25-16-11-21(4)19-22(25)5)28(35)32-23-12-14-24(38-9)15-13-23/h11-16,19-20,26-27H,10,17-18H2,1-9H3,(H,32,35)(H,33,37). The van der Waals surface area contributed by atoms with Crippen molar-refractivity contribution in [2.45, 2.75) is 85.9 Å². The first-order valence-corrected chi connectivity index (χ1v) is 13.6. The molecule has 0 heterocycles. The Hall–Kier alpha value is -3.55. The van der Waals surface area contributed by atoms with Gasteiger partial charge in [0.2, 0.25) is 5.91 Å². The molecule has 0 saturated heterocycles. The highest BCUT2D eigenvalue weighted by Gasteiger charge is 2.37. The number of benzene rings is 2. The minimum absolute atomic E-state index is 0.116. The monoisotopic (exact) mass is 539 g/mol. The molecule has 2 N–H and O–H groups in total. The summed E-state index contributed by atoms with van der Waals surface area (Å²) >= 11 is 0. The van der Waals surface area contributed by atoms with E-state index in [2.05, 4.69) is 10.6 Å². The Morgan fingerprint density at radius 2 is 1.64 bits per heavy atom. The van der Waals surface area contributed by atoms with E-state index in [1.165, 1.54) is 0 Å². The number of methoxy groups -OCH3 is 1. The lowest BCUT2D eigenvalue weighted by Crippen LogP contribution is -2.53. The normalized spacial score (nSPS) is 12.9. The third-order valence-electron chi connectivity index (χ3n) is 6.08. The molecule has 0 saturated carbocycles. The van der Waals surface area contributed by atoms with Gasteiger partial charge in [-0.3, -0.25) is 9.59 Å². The first-order valence-electron chi connectivity index (χ1n) is 13.6. The lowest BCUT2D eigenvalue weighted by molar-refractivity contribution is -0.141. The summed E-state index contributed by atoms with van der Waals surface area (Å²) in [5.41, 5.74) is 2.57. The summed E-state index contributed by atoms with van der Waals surface area (Å²) < 4.78 is 10.7. The fourth-order valence-electron chi connectivity index (χ4n) is 4.42. The van der Waals surface area contributed by atoms with E-state index in [-0.39, 0.29) is 17.7 Å². The van der Waals surface area contributed by atoms with E-state index < -0.39 is 23.8 Å². The van der Waals surface area contributed by atoms with E-state index in [9.17, 15) is 14.4 Å². The number of rotatable bonds is 11. The van der Waals surface area contributed by atoms with E-state index in [0.29, 0.717) is 30.8 Å². The van der Waals surface area contributed by atoms with Crippen LogP contribution in [0.4, 0.5) is 10.5 Å². The van der Waals surface area contributed by atoms with Gasteiger partial charge in [-0.2, -0.15) is 0 Å². The molecular weight excluding hydrogens is 494 g/mol. The van der Waals surface area contributed by atoms with Crippen LogP contribution in [0.15, 0.2) is 42.5 Å². The molecule has 2 aromatic carbocycles. The first kappa shape index (κ1) is 31.7. The first-order chi connectivity index (χ1) is 18.2. The van der Waals surface area contributed by atoms with Gasteiger partial charge in [-0.15, -0.1) is 0 Å². The summed E-state index contributed by atoms with van der Waals surface area (Å²) in [7, 11) is 1.58. The number of hydrogen-bond donors (Lipinski definition) is 2. The number of carbonyl (C=O) groups excluding carboxylic acids is 3. The molecule has 39 heavy (non-hydrogen) atoms. The maximum absolute atomic E-state index is 14.2. The lowest BCUT2D eigenvalue weighted by atomic mass is 9.95. The van der Waals surface area contributed by atoms with Crippen molar-refractivity contribution in [3.05, 3.63) is 59.2 Å². The molecule has 0 aromatic heterocycles. The highest BCUT2D eigenvalue weighted by molar-refractivity contribution is 5.99. The third kappa shape index (κ3) is 9.61. The molecule has 2 aromatic rings. The average Bonchev–Trinajstić information content (AvgIpc) is 2.83. The molecule has 0 bridgehead atoms. The number of amides is 3. The van der Waals surface area contributed by atoms with Crippen molar-refractivity contribution >= 4 is 23.6 Å². The van der Waals surface area contributed by atoms with Crippen molar-refractivity contribution in [2.24, 2.45) is 5.92 Å². The number of nitrogens with one attached hydrogen (secondary N) is 2. The van der Waals surface area contributed by atoms with Crippen LogP contribution in [-0.2, 0) is 14.3 Å². The van der Waals surface area contributed by atoms with Crippen molar-refractivity contribution in [2.75, 3.05) is 19.0 Å². The molecular formula is C31H45N3O5. The fraction of sp³-hybridized carbons (Fsp3) is 0.516. The molecule has 0 aliphatic carbocycles. The van der Waals surface area contributed by atoms with Crippen LogP contribution in [0.3, 0.4) is 0 Å². The molecule has 0 aliphatic rings. The Balaban J connectivity index is 2.53. The predicted molar refractivity (Wildman–Crippen MR) is 155 cm³/mol. The van der Waals surface area contributed by atoms with Crippen LogP contribution in [0, 0.1) is 19.8 Å². The average molecular weight is 540 g/mol. The highest BCUT2D eigenvalue weighted by Crippen LogP contribution is 2.29. The topological polar surface area (TPSA) is 97.0 Å². The van der Waals surface area contributed by atoms with Gasteiger partial charge in [-0.25, -0.2) is 4.79 Å². The molecule has 0 radical (unpaired) electrons. The van der Waals surface area contributed by atoms with Gasteiger partial charge < -0.3 is 25.0 Å². The zero-order chi connectivity index (χ0) is 29.3. The number of nitrogens with zero attached hydrogens (tertiary/aromatic N) is 1. The number of hydrogen-bond acceptors (Lipinski definition) is 5. The molecule has 3 amide bonds. The van der Waals surface area contributed by atoms with E-state index in [4.69, 9.17) is 9.47 Å². The molecule has 2 rings (SSSR count). The molecule has 8 heteroatoms. The number of anilines is 1. The molecule has 2 atom stereocenters. The van der Waals surface area contributed by atoms with Crippen LogP contribution in [0.1, 0.15) is 77.1 Å². The number of ether oxygens (including phenoxy) is 2. The molecule has 214 valence electrons. The third-order valence-corrected chi connectivity index (χ3v) is 6.08. The Labute approximate surface area is 233 Å². The Bertz CT molecular complexity index is 1120. The largest absolute Gasteiger partial charge is 0.497 e. The van der Waals surface area contributed by atoms with Crippen molar-refractivity contribution in [1.82, 2.24) is 10.2 Å². The van der Waals surface area contributed by atoms with Gasteiger partial charge in [-0.1, -0.05) is 44.5 Å². The molecule has 0 fully saturated rings. The maximum Gasteiger partial charge on any atom is 0.408 e. The van der Waals surface area contributed by atoms with Crippen LogP contribution in [-0.4, -0.2) is 48.1 Å². The predicted octanol–water partition coefficient (Wildman–Crippen LogP) is 6.17. The van der Waals surface area contributed by atoms with Crippen molar-refractivity contribution in [1.29, 1.82) is 0 Å². The van der Waals surface area contributed by atoms with Gasteiger partial charge in [0.05, 0.1) is 7.11 Å². The Morgan fingerprint density at radius 1 is 1.00 bits per heavy atom. The minimum Gasteiger partial charge on any atom is -0.497 e. The zero-order valence-corrected chi connectivity index (χ0v) is 24.9. The van der Waals surface area contributed by atoms with Gasteiger partial charge >= 0.3 is 6.09 Å². The SMILES string of the molecule is CCCN(C(=O)C(CC(C)C)NC(=O)OC(C)(C)C)C(C(=O)Nc1ccc(OC)cc1)c1ccc(C)cc1C. The molecule has 0 spiro atoms. The maximum atomic E-state index is 14.2. The number of alkyl carbamates (subject to hydrolysis) is 1. The number of carbonyl (C=O) groups is 3. The van der Waals surface area contributed by atoms with Crippen LogP contribution in [0.25, 0.3) is 0 Å². The highest BCUT2D eigenvalue weighted by atomic mass is 16.6. The lowest BCUT2D eigenvalue weighted by Gasteiger charge is -2.35. The van der Waals surface area contributed by atoms with Crippen LogP contribution in [0.2, 0.25) is 0 Å². The second-order valence-electron chi connectivity index (χ2n) is 11.3. The summed E-state index contributed by atoms with van der Waals surface area (Å²) in [6.07, 6.45) is 0.366. The number of aryl methyl sites for hydroxylation is 2. The molecule has 8 nitrogen and oxygen atoms in total. The van der Waals surface area contributed by atoms with Crippen molar-refractivity contribution < 1.29 is 23.9 Å². The summed E-state index contributed by atoms with van der Waals surface area (Å²) in [6, 6.07) is 11.1. The molecule has 2 unspecified atom stereocenters. The van der Waals surface area contributed by atoms with Crippen LogP contribution < -0.4 is 15.4 Å². The van der Waals surface area contributed by atoms with E-state index >= 15 is 0 Å². The van der Waals surface area contributed by atoms with Crippen molar-refractivity contribution in [3.63, 3.8) is 0 Å². The van der Waals surface area contributed by atoms with E-state index in [1.54, 1.807) is 57.0 Å². The van der Waals surface area contributed by atoms with Gasteiger partial charge in [0.15, 0.2) is 0 Å². The molecule has 0 aliphatic heterocycles. The van der Waals surface area contributed by atoms with Crippen LogP contribution >= 0.6 is 0 Å². The zero-order valence-electron chi connectivity index (χ0n) is 24.9. The summed E-state index contributed by atoms with van der Waals surface area (Å²) in [5, 5.41) is 5.76. The van der Waals surface area contributed by atoms with Gasteiger partial charge in [0.25, 0.3) is 5.91 Å². The van der Waals surface area contributed by atoms with Crippen LogP contribution in [0.5, 0.6) is 5.75 Å². The van der Waals surface area contributed by atoms with Gasteiger partial charge in [0, 0.05) is 12.2 Å². The minimum atomic E-state index is -0.907.